The molecule has 5 nitrogen and oxygen atoms in total. The van der Waals surface area contributed by atoms with Gasteiger partial charge in [-0.3, -0.25) is 4.79 Å². The molecule has 0 aliphatic carbocycles. The van der Waals surface area contributed by atoms with Crippen LogP contribution in [-0.2, 0) is 14.8 Å². The van der Waals surface area contributed by atoms with E-state index in [1.807, 2.05) is 0 Å². The molecule has 0 radical (unpaired) electrons. The van der Waals surface area contributed by atoms with E-state index in [0.717, 1.165) is 12.8 Å². The number of hydrogen-bond acceptors (Lipinski definition) is 4. The fraction of sp³-hybridized carbons (Fsp3) is 0.429. The van der Waals surface area contributed by atoms with Crippen LogP contribution in [0.15, 0.2) is 29.2 Å². The molecule has 1 aliphatic rings. The lowest BCUT2D eigenvalue weighted by atomic mass is 10.1. The molecule has 1 saturated heterocycles. The minimum Gasteiger partial charge on any atom is -0.302 e. The van der Waals surface area contributed by atoms with Crippen LogP contribution in [0.5, 0.6) is 0 Å². The summed E-state index contributed by atoms with van der Waals surface area (Å²) in [4.78, 5) is 22.5. The summed E-state index contributed by atoms with van der Waals surface area (Å²) in [6, 6.07) is 5.35. The maximum atomic E-state index is 12.6. The topological polar surface area (TPSA) is 71.5 Å². The van der Waals surface area contributed by atoms with Gasteiger partial charge in [-0.05, 0) is 31.9 Å². The summed E-state index contributed by atoms with van der Waals surface area (Å²) in [7, 11) is -3.73. The van der Waals surface area contributed by atoms with E-state index in [1.54, 1.807) is 12.1 Å². The van der Waals surface area contributed by atoms with Crippen molar-refractivity contribution in [3.63, 3.8) is 0 Å². The Kier molecular flexibility index (Phi) is 4.35. The molecule has 1 atom stereocenters. The number of carbonyl (C=O) groups excluding carboxylic acids is 2. The molecule has 0 spiro atoms. The summed E-state index contributed by atoms with van der Waals surface area (Å²) in [5.74, 6) is -0.187. The molecule has 0 N–H and O–H groups in total. The third-order valence-corrected chi connectivity index (χ3v) is 5.42. The first-order chi connectivity index (χ1) is 9.46. The molecule has 0 saturated carbocycles. The van der Waals surface area contributed by atoms with Crippen LogP contribution >= 0.6 is 0 Å². The highest BCUT2D eigenvalue weighted by molar-refractivity contribution is 7.89. The van der Waals surface area contributed by atoms with E-state index in [1.165, 1.54) is 23.4 Å². The van der Waals surface area contributed by atoms with Crippen molar-refractivity contribution in [1.82, 2.24) is 4.31 Å². The first kappa shape index (κ1) is 14.9. The zero-order valence-corrected chi connectivity index (χ0v) is 12.1. The van der Waals surface area contributed by atoms with Gasteiger partial charge in [0, 0.05) is 12.1 Å². The van der Waals surface area contributed by atoms with Crippen molar-refractivity contribution in [2.24, 2.45) is 0 Å². The lowest BCUT2D eigenvalue weighted by Gasteiger charge is -2.31. The summed E-state index contributed by atoms with van der Waals surface area (Å²) in [5.41, 5.74) is 0.353. The van der Waals surface area contributed by atoms with Gasteiger partial charge in [-0.2, -0.15) is 4.31 Å². The van der Waals surface area contributed by atoms with E-state index < -0.39 is 16.1 Å². The molecule has 6 heteroatoms. The van der Waals surface area contributed by atoms with Gasteiger partial charge >= 0.3 is 0 Å². The second kappa shape index (κ2) is 5.85. The summed E-state index contributed by atoms with van der Waals surface area (Å²) < 4.78 is 26.4. The van der Waals surface area contributed by atoms with Gasteiger partial charge in [0.05, 0.1) is 10.9 Å². The number of rotatable bonds is 4. The molecule has 1 fully saturated rings. The van der Waals surface area contributed by atoms with Gasteiger partial charge in [0.2, 0.25) is 10.0 Å². The molecule has 0 bridgehead atoms. The van der Waals surface area contributed by atoms with Crippen LogP contribution in [0.1, 0.15) is 36.5 Å². The SMILES string of the molecule is CC(=O)c1cccc(S(=O)(=O)N2CCCCC2C=O)c1. The highest BCUT2D eigenvalue weighted by atomic mass is 32.2. The van der Waals surface area contributed by atoms with Gasteiger partial charge in [0.25, 0.3) is 0 Å². The van der Waals surface area contributed by atoms with Crippen molar-refractivity contribution >= 4 is 22.1 Å². The monoisotopic (exact) mass is 295 g/mol. The predicted molar refractivity (Wildman–Crippen MR) is 74.0 cm³/mol. The molecule has 1 unspecified atom stereocenters. The van der Waals surface area contributed by atoms with Gasteiger partial charge in [-0.15, -0.1) is 0 Å². The summed E-state index contributed by atoms with van der Waals surface area (Å²) in [6.07, 6.45) is 2.83. The number of piperidine rings is 1. The zero-order chi connectivity index (χ0) is 14.8. The van der Waals surface area contributed by atoms with Crippen molar-refractivity contribution in [1.29, 1.82) is 0 Å². The van der Waals surface area contributed by atoms with E-state index in [9.17, 15) is 18.0 Å². The first-order valence-corrected chi connectivity index (χ1v) is 7.99. The van der Waals surface area contributed by atoms with Crippen LogP contribution in [0, 0.1) is 0 Å². The van der Waals surface area contributed by atoms with Crippen molar-refractivity contribution in [2.75, 3.05) is 6.54 Å². The normalized spacial score (nSPS) is 20.6. The maximum absolute atomic E-state index is 12.6. The number of aldehydes is 1. The molecule has 0 amide bonds. The van der Waals surface area contributed by atoms with Gasteiger partial charge < -0.3 is 4.79 Å². The number of Topliss-reactive ketones (excluding diaryl/α,β-unsaturated/α-hetero) is 1. The Labute approximate surface area is 118 Å². The minimum atomic E-state index is -3.73. The Morgan fingerprint density at radius 1 is 1.35 bits per heavy atom. The van der Waals surface area contributed by atoms with E-state index >= 15 is 0 Å². The van der Waals surface area contributed by atoms with Crippen molar-refractivity contribution in [2.45, 2.75) is 37.1 Å². The Morgan fingerprint density at radius 3 is 2.75 bits per heavy atom. The summed E-state index contributed by atoms with van der Waals surface area (Å²) in [5, 5.41) is 0. The molecular weight excluding hydrogens is 278 g/mol. The van der Waals surface area contributed by atoms with Gasteiger partial charge in [-0.25, -0.2) is 8.42 Å². The van der Waals surface area contributed by atoms with E-state index in [-0.39, 0.29) is 10.7 Å². The fourth-order valence-corrected chi connectivity index (χ4v) is 4.05. The first-order valence-electron chi connectivity index (χ1n) is 6.55. The molecule has 1 aromatic carbocycles. The van der Waals surface area contributed by atoms with Crippen LogP contribution in [0.3, 0.4) is 0 Å². The van der Waals surface area contributed by atoms with Crippen LogP contribution in [0.2, 0.25) is 0 Å². The Hall–Kier alpha value is -1.53. The van der Waals surface area contributed by atoms with Crippen molar-refractivity contribution < 1.29 is 18.0 Å². The zero-order valence-electron chi connectivity index (χ0n) is 11.3. The molecule has 1 aromatic rings. The van der Waals surface area contributed by atoms with E-state index in [2.05, 4.69) is 0 Å². The van der Waals surface area contributed by atoms with Gasteiger partial charge in [0.1, 0.15) is 6.29 Å². The minimum absolute atomic E-state index is 0.0685. The largest absolute Gasteiger partial charge is 0.302 e. The molecule has 1 aliphatic heterocycles. The van der Waals surface area contributed by atoms with Gasteiger partial charge in [-0.1, -0.05) is 18.6 Å². The third kappa shape index (κ3) is 2.81. The fourth-order valence-electron chi connectivity index (χ4n) is 2.38. The Balaban J connectivity index is 2.41. The third-order valence-electron chi connectivity index (χ3n) is 3.50. The number of sulfonamides is 1. The second-order valence-corrected chi connectivity index (χ2v) is 6.79. The lowest BCUT2D eigenvalue weighted by Crippen LogP contribution is -2.44. The number of hydrogen-bond donors (Lipinski definition) is 0. The summed E-state index contributed by atoms with van der Waals surface area (Å²) in [6.45, 7) is 1.73. The molecule has 0 aromatic heterocycles. The molecule has 1 heterocycles. The summed E-state index contributed by atoms with van der Waals surface area (Å²) >= 11 is 0. The Morgan fingerprint density at radius 2 is 2.10 bits per heavy atom. The van der Waals surface area contributed by atoms with Gasteiger partial charge in [0.15, 0.2) is 5.78 Å². The quantitative estimate of drug-likeness (QED) is 0.625. The number of ketones is 1. The van der Waals surface area contributed by atoms with Crippen LogP contribution in [-0.4, -0.2) is 37.4 Å². The van der Waals surface area contributed by atoms with E-state index in [0.29, 0.717) is 24.8 Å². The smallest absolute Gasteiger partial charge is 0.243 e. The van der Waals surface area contributed by atoms with Crippen LogP contribution < -0.4 is 0 Å². The predicted octanol–water partition coefficient (Wildman–Crippen LogP) is 1.63. The second-order valence-electron chi connectivity index (χ2n) is 4.90. The molecular formula is C14H17NO4S. The van der Waals surface area contributed by atoms with Crippen molar-refractivity contribution in [3.05, 3.63) is 29.8 Å². The maximum Gasteiger partial charge on any atom is 0.243 e. The molecule has 2 rings (SSSR count). The average molecular weight is 295 g/mol. The molecule has 20 heavy (non-hydrogen) atoms. The number of nitrogens with zero attached hydrogens (tertiary/aromatic N) is 1. The average Bonchev–Trinajstić information content (AvgIpc) is 2.47. The highest BCUT2D eigenvalue weighted by Gasteiger charge is 2.33. The van der Waals surface area contributed by atoms with Crippen LogP contribution in [0.4, 0.5) is 0 Å². The molecule has 108 valence electrons. The van der Waals surface area contributed by atoms with Crippen molar-refractivity contribution in [3.8, 4) is 0 Å². The van der Waals surface area contributed by atoms with Crippen LogP contribution in [0.25, 0.3) is 0 Å². The van der Waals surface area contributed by atoms with E-state index in [4.69, 9.17) is 0 Å². The number of benzene rings is 1. The standard InChI is InChI=1S/C14H17NO4S/c1-11(17)12-5-4-7-14(9-12)20(18,19)15-8-3-2-6-13(15)10-16/h4-5,7,9-10,13H,2-3,6,8H2,1H3. The Bertz CT molecular complexity index is 624. The highest BCUT2D eigenvalue weighted by Crippen LogP contribution is 2.25. The number of carbonyl (C=O) groups is 2. The lowest BCUT2D eigenvalue weighted by molar-refractivity contribution is -0.111.